The molecule has 0 spiro atoms. The van der Waals surface area contributed by atoms with Crippen LogP contribution in [-0.4, -0.2) is 28.3 Å². The second-order valence-electron chi connectivity index (χ2n) is 7.39. The predicted octanol–water partition coefficient (Wildman–Crippen LogP) is 4.89. The number of halogens is 2. The molecule has 0 bridgehead atoms. The number of allylic oxidation sites excluding steroid dienone is 2. The summed E-state index contributed by atoms with van der Waals surface area (Å²) in [5, 5.41) is 20.5. The Morgan fingerprint density at radius 3 is 2.82 bits per heavy atom. The topological polar surface area (TPSA) is 83.6 Å². The van der Waals surface area contributed by atoms with Crippen LogP contribution in [0.2, 0.25) is 8.67 Å². The van der Waals surface area contributed by atoms with Crippen LogP contribution in [0.15, 0.2) is 30.4 Å². The average molecular weight is 446 g/mol. The van der Waals surface area contributed by atoms with Crippen LogP contribution in [0, 0.1) is 11.8 Å². The summed E-state index contributed by atoms with van der Waals surface area (Å²) in [6, 6.07) is 1.84. The van der Waals surface area contributed by atoms with Gasteiger partial charge in [-0.2, -0.15) is 0 Å². The highest BCUT2D eigenvalue weighted by Gasteiger charge is 2.32. The van der Waals surface area contributed by atoms with Gasteiger partial charge in [0.2, 0.25) is 5.91 Å². The van der Waals surface area contributed by atoms with Crippen molar-refractivity contribution in [3.63, 3.8) is 0 Å². The number of hydrogen-bond acceptors (Lipinski definition) is 4. The molecule has 1 heterocycles. The second-order valence-corrected chi connectivity index (χ2v) is 9.67. The van der Waals surface area contributed by atoms with E-state index in [1.54, 1.807) is 6.08 Å². The number of carbonyl (C=O) groups excluding carboxylic acids is 1. The first kappa shape index (κ1) is 23.4. The molecule has 28 heavy (non-hydrogen) atoms. The molecular weight excluding hydrogens is 417 g/mol. The first-order valence-corrected chi connectivity index (χ1v) is 11.4. The molecule has 7 heteroatoms. The molecule has 1 aromatic rings. The van der Waals surface area contributed by atoms with Crippen LogP contribution in [0.1, 0.15) is 50.5 Å². The number of aliphatic hydroxyl groups is 2. The molecule has 0 saturated heterocycles. The first-order valence-electron chi connectivity index (χ1n) is 9.78. The number of aryl methyl sites for hydroxylation is 1. The summed E-state index contributed by atoms with van der Waals surface area (Å²) in [7, 11) is 0. The molecule has 1 aliphatic carbocycles. The molecule has 4 atom stereocenters. The molecule has 1 fully saturated rings. The molecular formula is C21H29Cl2NO3S. The minimum absolute atomic E-state index is 0.0594. The molecule has 156 valence electrons. The molecule has 1 saturated carbocycles. The highest BCUT2D eigenvalue weighted by molar-refractivity contribution is 7.20. The fraction of sp³-hybridized carbons (Fsp3) is 0.571. The van der Waals surface area contributed by atoms with Gasteiger partial charge in [-0.1, -0.05) is 47.5 Å². The standard InChI is InChI=1S/C21H29Cl2NO3S/c22-19-13-15(21(23)28-19)7-9-16(25)10-11-17-14(8-12-18(17)26)5-3-1-2-4-6-20(24)27/h1,3,10-11,13-14,16-18,25-26H,2,4-9,12H2,(H2,24,27)/b3-1-,11-10+/t14-,16-,17+,18+/m0/s1. The summed E-state index contributed by atoms with van der Waals surface area (Å²) in [5.41, 5.74) is 6.09. The third-order valence-corrected chi connectivity index (χ3v) is 6.78. The average Bonchev–Trinajstić information content (AvgIpc) is 3.15. The zero-order valence-electron chi connectivity index (χ0n) is 15.9. The zero-order valence-corrected chi connectivity index (χ0v) is 18.2. The summed E-state index contributed by atoms with van der Waals surface area (Å²) < 4.78 is 1.33. The maximum atomic E-state index is 10.7. The van der Waals surface area contributed by atoms with E-state index in [0.29, 0.717) is 33.9 Å². The Hall–Kier alpha value is -0.850. The van der Waals surface area contributed by atoms with Gasteiger partial charge >= 0.3 is 0 Å². The molecule has 1 aromatic heterocycles. The van der Waals surface area contributed by atoms with Gasteiger partial charge in [0.1, 0.15) is 0 Å². The molecule has 1 aliphatic rings. The maximum absolute atomic E-state index is 10.7. The molecule has 4 N–H and O–H groups in total. The van der Waals surface area contributed by atoms with Crippen LogP contribution in [0.25, 0.3) is 0 Å². The molecule has 0 radical (unpaired) electrons. The van der Waals surface area contributed by atoms with Crippen LogP contribution in [0.5, 0.6) is 0 Å². The fourth-order valence-electron chi connectivity index (χ4n) is 3.63. The molecule has 0 aromatic carbocycles. The van der Waals surface area contributed by atoms with Gasteiger partial charge in [-0.05, 0) is 62.5 Å². The molecule has 0 aliphatic heterocycles. The Bertz CT molecular complexity index is 689. The summed E-state index contributed by atoms with van der Waals surface area (Å²) in [6.45, 7) is 0. The van der Waals surface area contributed by atoms with Crippen molar-refractivity contribution in [2.75, 3.05) is 0 Å². The fourth-order valence-corrected chi connectivity index (χ4v) is 5.17. The zero-order chi connectivity index (χ0) is 20.5. The summed E-state index contributed by atoms with van der Waals surface area (Å²) in [6.07, 6.45) is 12.9. The molecule has 2 rings (SSSR count). The molecule has 0 unspecified atom stereocenters. The minimum atomic E-state index is -0.576. The highest BCUT2D eigenvalue weighted by atomic mass is 35.5. The van der Waals surface area contributed by atoms with Gasteiger partial charge < -0.3 is 15.9 Å². The van der Waals surface area contributed by atoms with Gasteiger partial charge in [-0.25, -0.2) is 0 Å². The summed E-state index contributed by atoms with van der Waals surface area (Å²) in [5.74, 6) is 0.167. The SMILES string of the molecule is NC(=O)CCC/C=C\C[C@H]1CC[C@@H](O)[C@@H]1/C=C/[C@@H](O)CCc1cc(Cl)sc1Cl. The summed E-state index contributed by atoms with van der Waals surface area (Å²) in [4.78, 5) is 10.7. The van der Waals surface area contributed by atoms with Gasteiger partial charge in [0.15, 0.2) is 0 Å². The van der Waals surface area contributed by atoms with Crippen molar-refractivity contribution in [2.24, 2.45) is 17.6 Å². The molecule has 4 nitrogen and oxygen atoms in total. The number of amides is 1. The number of hydrogen-bond donors (Lipinski definition) is 3. The van der Waals surface area contributed by atoms with E-state index < -0.39 is 6.10 Å². The normalized spacial score (nSPS) is 23.8. The van der Waals surface area contributed by atoms with Crippen LogP contribution in [0.3, 0.4) is 0 Å². The predicted molar refractivity (Wildman–Crippen MR) is 117 cm³/mol. The maximum Gasteiger partial charge on any atom is 0.217 e. The lowest BCUT2D eigenvalue weighted by Gasteiger charge is -2.18. The second kappa shape index (κ2) is 12.0. The van der Waals surface area contributed by atoms with E-state index in [1.807, 2.05) is 12.1 Å². The quantitative estimate of drug-likeness (QED) is 0.334. The smallest absolute Gasteiger partial charge is 0.217 e. The Balaban J connectivity index is 1.78. The van der Waals surface area contributed by atoms with Gasteiger partial charge in [0, 0.05) is 12.3 Å². The van der Waals surface area contributed by atoms with Gasteiger partial charge in [-0.15, -0.1) is 11.3 Å². The van der Waals surface area contributed by atoms with Crippen molar-refractivity contribution in [3.05, 3.63) is 44.6 Å². The largest absolute Gasteiger partial charge is 0.393 e. The van der Waals surface area contributed by atoms with Crippen molar-refractivity contribution in [3.8, 4) is 0 Å². The van der Waals surface area contributed by atoms with E-state index in [4.69, 9.17) is 28.9 Å². The van der Waals surface area contributed by atoms with Gasteiger partial charge in [0.05, 0.1) is 20.9 Å². The number of thiophene rings is 1. The number of carbonyl (C=O) groups is 1. The van der Waals surface area contributed by atoms with E-state index in [2.05, 4.69) is 12.2 Å². The Morgan fingerprint density at radius 1 is 1.36 bits per heavy atom. The van der Waals surface area contributed by atoms with Gasteiger partial charge in [0.25, 0.3) is 0 Å². The molecule has 1 amide bonds. The Labute approximate surface area is 181 Å². The number of aliphatic hydroxyl groups excluding tert-OH is 2. The third kappa shape index (κ3) is 7.88. The van der Waals surface area contributed by atoms with E-state index in [1.165, 1.54) is 11.3 Å². The lowest BCUT2D eigenvalue weighted by molar-refractivity contribution is -0.118. The summed E-state index contributed by atoms with van der Waals surface area (Å²) >= 11 is 13.4. The third-order valence-electron chi connectivity index (χ3n) is 5.21. The first-order chi connectivity index (χ1) is 13.4. The van der Waals surface area contributed by atoms with Crippen molar-refractivity contribution < 1.29 is 15.0 Å². The lowest BCUT2D eigenvalue weighted by atomic mass is 9.90. The number of unbranched alkanes of at least 4 members (excludes halogenated alkanes) is 1. The van der Waals surface area contributed by atoms with Crippen molar-refractivity contribution >= 4 is 40.4 Å². The Morgan fingerprint density at radius 2 is 2.14 bits per heavy atom. The van der Waals surface area contributed by atoms with E-state index >= 15 is 0 Å². The van der Waals surface area contributed by atoms with E-state index in [9.17, 15) is 15.0 Å². The van der Waals surface area contributed by atoms with Crippen molar-refractivity contribution in [2.45, 2.75) is 63.6 Å². The highest BCUT2D eigenvalue weighted by Crippen LogP contribution is 2.36. The van der Waals surface area contributed by atoms with Crippen LogP contribution >= 0.6 is 34.5 Å². The van der Waals surface area contributed by atoms with Crippen molar-refractivity contribution in [1.29, 1.82) is 0 Å². The monoisotopic (exact) mass is 445 g/mol. The minimum Gasteiger partial charge on any atom is -0.393 e. The van der Waals surface area contributed by atoms with E-state index in [-0.39, 0.29) is 17.9 Å². The van der Waals surface area contributed by atoms with E-state index in [0.717, 1.165) is 37.7 Å². The number of primary amides is 1. The van der Waals surface area contributed by atoms with Crippen LogP contribution < -0.4 is 5.73 Å². The number of nitrogens with two attached hydrogens (primary N) is 1. The van der Waals surface area contributed by atoms with Crippen LogP contribution in [0.4, 0.5) is 0 Å². The van der Waals surface area contributed by atoms with Crippen molar-refractivity contribution in [1.82, 2.24) is 0 Å². The lowest BCUT2D eigenvalue weighted by Crippen LogP contribution is -2.17. The van der Waals surface area contributed by atoms with Crippen LogP contribution in [-0.2, 0) is 11.2 Å². The van der Waals surface area contributed by atoms with Gasteiger partial charge in [-0.3, -0.25) is 4.79 Å². The Kier molecular flexibility index (Phi) is 10.0. The number of rotatable bonds is 11.